The summed E-state index contributed by atoms with van der Waals surface area (Å²) in [6.45, 7) is 2.85. The van der Waals surface area contributed by atoms with Crippen molar-refractivity contribution in [2.45, 2.75) is 37.4 Å². The molecular weight excluding hydrogens is 266 g/mol. The van der Waals surface area contributed by atoms with Crippen LogP contribution in [0.4, 0.5) is 5.82 Å². The quantitative estimate of drug-likeness (QED) is 0.504. The van der Waals surface area contributed by atoms with Crippen LogP contribution in [0, 0.1) is 5.41 Å². The number of aliphatic hydroxyl groups excluding tert-OH is 1. The maximum Gasteiger partial charge on any atom is 0.351 e. The smallest absolute Gasteiger partial charge is 0.351 e. The predicted molar refractivity (Wildman–Crippen MR) is 67.6 cm³/mol. The van der Waals surface area contributed by atoms with E-state index >= 15 is 0 Å². The molecule has 1 aliphatic heterocycles. The Morgan fingerprint density at radius 2 is 2.10 bits per heavy atom. The standard InChI is InChI=1S/C12H17N3O5/c1-10(2)11(18)6(5-16)20-8(12(10,11)19)15-4-3-7(13)14-9(15)17/h3-4,6,8,16,18-19H,5H2,1-2H3,(H2,13,14,17)/t6-,8-,11+,12-/m1/s1. The number of aliphatic hydroxyl groups is 3. The lowest BCUT2D eigenvalue weighted by molar-refractivity contribution is -0.126. The zero-order chi connectivity index (χ0) is 14.9. The van der Waals surface area contributed by atoms with Crippen molar-refractivity contribution in [2.75, 3.05) is 12.3 Å². The highest BCUT2D eigenvalue weighted by atomic mass is 16.6. The molecule has 5 N–H and O–H groups in total. The molecule has 2 heterocycles. The van der Waals surface area contributed by atoms with E-state index in [1.54, 1.807) is 13.8 Å². The van der Waals surface area contributed by atoms with Crippen molar-refractivity contribution in [1.29, 1.82) is 0 Å². The number of hydrogen-bond donors (Lipinski definition) is 4. The molecule has 1 aromatic rings. The molecule has 4 atom stereocenters. The van der Waals surface area contributed by atoms with Gasteiger partial charge in [-0.15, -0.1) is 0 Å². The van der Waals surface area contributed by atoms with Crippen LogP contribution in [-0.2, 0) is 4.74 Å². The minimum atomic E-state index is -1.67. The Kier molecular flexibility index (Phi) is 2.42. The van der Waals surface area contributed by atoms with E-state index in [-0.39, 0.29) is 5.82 Å². The Morgan fingerprint density at radius 1 is 1.45 bits per heavy atom. The van der Waals surface area contributed by atoms with Crippen LogP contribution in [0.25, 0.3) is 0 Å². The van der Waals surface area contributed by atoms with E-state index in [1.165, 1.54) is 12.3 Å². The molecule has 0 unspecified atom stereocenters. The Morgan fingerprint density at radius 3 is 2.60 bits per heavy atom. The van der Waals surface area contributed by atoms with E-state index in [1.807, 2.05) is 0 Å². The van der Waals surface area contributed by atoms with Gasteiger partial charge in [0.25, 0.3) is 0 Å². The number of nitrogens with zero attached hydrogens (tertiary/aromatic N) is 2. The van der Waals surface area contributed by atoms with E-state index in [0.29, 0.717) is 0 Å². The van der Waals surface area contributed by atoms with E-state index in [2.05, 4.69) is 4.98 Å². The third-order valence-electron chi connectivity index (χ3n) is 4.81. The largest absolute Gasteiger partial charge is 0.394 e. The molecule has 0 bridgehead atoms. The van der Waals surface area contributed by atoms with E-state index in [0.717, 1.165) is 4.57 Å². The van der Waals surface area contributed by atoms with Crippen LogP contribution in [0.3, 0.4) is 0 Å². The van der Waals surface area contributed by atoms with Gasteiger partial charge in [-0.3, -0.25) is 4.57 Å². The van der Waals surface area contributed by atoms with Crippen LogP contribution in [0.5, 0.6) is 0 Å². The second kappa shape index (κ2) is 3.59. The Hall–Kier alpha value is -1.48. The molecule has 2 fully saturated rings. The van der Waals surface area contributed by atoms with Crippen molar-refractivity contribution in [3.05, 3.63) is 22.7 Å². The molecule has 110 valence electrons. The molecule has 1 saturated carbocycles. The van der Waals surface area contributed by atoms with Crippen LogP contribution in [0.15, 0.2) is 17.1 Å². The third-order valence-corrected chi connectivity index (χ3v) is 4.81. The number of rotatable bonds is 2. The number of anilines is 1. The average Bonchev–Trinajstić information content (AvgIpc) is 2.63. The Labute approximate surface area is 114 Å². The van der Waals surface area contributed by atoms with Gasteiger partial charge in [0.05, 0.1) is 6.61 Å². The summed E-state index contributed by atoms with van der Waals surface area (Å²) in [5.74, 6) is 0.0558. The minimum absolute atomic E-state index is 0.0558. The summed E-state index contributed by atoms with van der Waals surface area (Å²) in [7, 11) is 0. The maximum atomic E-state index is 11.9. The van der Waals surface area contributed by atoms with Gasteiger partial charge in [0.2, 0.25) is 0 Å². The number of aromatic nitrogens is 2. The fourth-order valence-electron chi connectivity index (χ4n) is 3.44. The van der Waals surface area contributed by atoms with Crippen LogP contribution >= 0.6 is 0 Å². The monoisotopic (exact) mass is 283 g/mol. The van der Waals surface area contributed by atoms with Crippen molar-refractivity contribution >= 4 is 5.82 Å². The SMILES string of the molecule is CC1(C)[C@]2(O)[C@H](n3ccc(N)nc3=O)O[C@H](CO)[C@]12O. The highest BCUT2D eigenvalue weighted by Gasteiger charge is 2.92. The molecule has 0 radical (unpaired) electrons. The molecule has 1 aliphatic carbocycles. The topological polar surface area (TPSA) is 131 Å². The van der Waals surface area contributed by atoms with Crippen molar-refractivity contribution in [3.63, 3.8) is 0 Å². The van der Waals surface area contributed by atoms with Gasteiger partial charge in [-0.05, 0) is 6.07 Å². The highest BCUT2D eigenvalue weighted by molar-refractivity contribution is 5.39. The van der Waals surface area contributed by atoms with Gasteiger partial charge in [0.15, 0.2) is 6.23 Å². The number of fused-ring (bicyclic) bond motifs is 1. The van der Waals surface area contributed by atoms with E-state index in [9.17, 15) is 20.1 Å². The summed E-state index contributed by atoms with van der Waals surface area (Å²) >= 11 is 0. The van der Waals surface area contributed by atoms with Crippen LogP contribution in [0.2, 0.25) is 0 Å². The molecular formula is C12H17N3O5. The lowest BCUT2D eigenvalue weighted by atomic mass is 10.0. The first-order chi connectivity index (χ1) is 9.21. The molecule has 0 amide bonds. The molecule has 0 aromatic carbocycles. The van der Waals surface area contributed by atoms with Crippen molar-refractivity contribution < 1.29 is 20.1 Å². The van der Waals surface area contributed by atoms with Gasteiger partial charge >= 0.3 is 5.69 Å². The molecule has 1 saturated heterocycles. The molecule has 20 heavy (non-hydrogen) atoms. The molecule has 8 heteroatoms. The summed E-state index contributed by atoms with van der Waals surface area (Å²) in [5.41, 5.74) is 0.530. The molecule has 8 nitrogen and oxygen atoms in total. The van der Waals surface area contributed by atoms with Crippen molar-refractivity contribution in [1.82, 2.24) is 9.55 Å². The van der Waals surface area contributed by atoms with Crippen LogP contribution in [-0.4, -0.2) is 48.8 Å². The average molecular weight is 283 g/mol. The van der Waals surface area contributed by atoms with Gasteiger partial charge in [-0.2, -0.15) is 4.98 Å². The lowest BCUT2D eigenvalue weighted by Crippen LogP contribution is -2.38. The normalized spacial score (nSPS) is 41.5. The maximum absolute atomic E-state index is 11.9. The first kappa shape index (κ1) is 13.5. The Bertz CT molecular complexity index is 630. The predicted octanol–water partition coefficient (Wildman–Crippen LogP) is -1.78. The molecule has 3 rings (SSSR count). The zero-order valence-electron chi connectivity index (χ0n) is 11.1. The van der Waals surface area contributed by atoms with Gasteiger partial charge in [-0.25, -0.2) is 4.79 Å². The second-order valence-electron chi connectivity index (χ2n) is 5.86. The number of hydrogen-bond acceptors (Lipinski definition) is 7. The lowest BCUT2D eigenvalue weighted by Gasteiger charge is -2.27. The van der Waals surface area contributed by atoms with Gasteiger partial charge in [0, 0.05) is 11.6 Å². The first-order valence-electron chi connectivity index (χ1n) is 6.27. The van der Waals surface area contributed by atoms with Gasteiger partial charge < -0.3 is 25.8 Å². The van der Waals surface area contributed by atoms with Crippen LogP contribution in [0.1, 0.15) is 20.1 Å². The fourth-order valence-corrected chi connectivity index (χ4v) is 3.44. The summed E-state index contributed by atoms with van der Waals surface area (Å²) in [4.78, 5) is 15.5. The summed E-state index contributed by atoms with van der Waals surface area (Å²) in [5, 5.41) is 30.7. The fraction of sp³-hybridized carbons (Fsp3) is 0.667. The first-order valence-corrected chi connectivity index (χ1v) is 6.27. The van der Waals surface area contributed by atoms with E-state index < -0.39 is 41.2 Å². The summed E-state index contributed by atoms with van der Waals surface area (Å²) < 4.78 is 6.53. The van der Waals surface area contributed by atoms with Crippen LogP contribution < -0.4 is 11.4 Å². The minimum Gasteiger partial charge on any atom is -0.394 e. The summed E-state index contributed by atoms with van der Waals surface area (Å²) in [6, 6.07) is 1.40. The Balaban J connectivity index is 2.11. The van der Waals surface area contributed by atoms with E-state index in [4.69, 9.17) is 10.5 Å². The second-order valence-corrected chi connectivity index (χ2v) is 5.86. The number of nitrogen functional groups attached to an aromatic ring is 1. The zero-order valence-corrected chi connectivity index (χ0v) is 11.1. The molecule has 2 aliphatic rings. The summed E-state index contributed by atoms with van der Waals surface area (Å²) in [6.07, 6.45) is -0.751. The highest BCUT2D eigenvalue weighted by Crippen LogP contribution is 2.75. The third kappa shape index (κ3) is 1.16. The number of nitrogens with two attached hydrogens (primary N) is 1. The molecule has 1 aromatic heterocycles. The van der Waals surface area contributed by atoms with Gasteiger partial charge in [-0.1, -0.05) is 13.8 Å². The molecule has 0 spiro atoms. The van der Waals surface area contributed by atoms with Crippen molar-refractivity contribution in [3.8, 4) is 0 Å². The van der Waals surface area contributed by atoms with Crippen molar-refractivity contribution in [2.24, 2.45) is 5.41 Å². The number of ether oxygens (including phenoxy) is 1. The van der Waals surface area contributed by atoms with Gasteiger partial charge in [0.1, 0.15) is 23.1 Å².